The Morgan fingerprint density at radius 3 is 2.35 bits per heavy atom. The van der Waals surface area contributed by atoms with Crippen LogP contribution in [0, 0.1) is 29.3 Å². The molecule has 71 heavy (non-hydrogen) atoms. The Kier molecular flexibility index (Phi) is 13.7. The number of fused-ring (bicyclic) bond motifs is 2. The number of carbonyl (C=O) groups is 4. The number of amides is 4. The summed E-state index contributed by atoms with van der Waals surface area (Å²) < 4.78 is 55.8. The van der Waals surface area contributed by atoms with Gasteiger partial charge in [0, 0.05) is 60.2 Å². The summed E-state index contributed by atoms with van der Waals surface area (Å²) in [6.07, 6.45) is 12.3. The summed E-state index contributed by atoms with van der Waals surface area (Å²) in [5.74, 6) is -6.86. The summed E-state index contributed by atoms with van der Waals surface area (Å²) in [5, 5.41) is 20.1. The van der Waals surface area contributed by atoms with E-state index >= 15 is 0 Å². The maximum absolute atomic E-state index is 14.2. The van der Waals surface area contributed by atoms with Crippen LogP contribution in [0.25, 0.3) is 22.0 Å². The molecule has 6 aromatic rings. The lowest BCUT2D eigenvalue weighted by Gasteiger charge is -2.32. The molecule has 2 aromatic heterocycles. The van der Waals surface area contributed by atoms with Crippen molar-refractivity contribution in [1.82, 2.24) is 40.2 Å². The average molecular weight is 971 g/mol. The zero-order chi connectivity index (χ0) is 49.2. The molecular formula is C53H53F3N8O7. The molecule has 3 fully saturated rings. The molecule has 368 valence electrons. The Bertz CT molecular complexity index is 2970. The van der Waals surface area contributed by atoms with E-state index in [0.29, 0.717) is 48.9 Å². The quantitative estimate of drug-likeness (QED) is 0.0675. The van der Waals surface area contributed by atoms with Gasteiger partial charge in [0.15, 0.2) is 17.4 Å². The van der Waals surface area contributed by atoms with E-state index in [0.717, 1.165) is 97.7 Å². The Labute approximate surface area is 407 Å². The molecule has 0 unspecified atom stereocenters. The van der Waals surface area contributed by atoms with E-state index in [2.05, 4.69) is 49.8 Å². The van der Waals surface area contributed by atoms with Gasteiger partial charge in [-0.15, -0.1) is 0 Å². The molecule has 4 aliphatic rings. The fourth-order valence-corrected chi connectivity index (χ4v) is 10.2. The number of aromatic hydroxyl groups is 1. The number of imide groups is 1. The molecule has 15 nitrogen and oxygen atoms in total. The van der Waals surface area contributed by atoms with E-state index in [1.54, 1.807) is 24.5 Å². The number of halogens is 3. The van der Waals surface area contributed by atoms with Crippen molar-refractivity contribution < 1.29 is 46.9 Å². The number of hydrogen-bond donors (Lipinski definition) is 3. The number of likely N-dealkylation sites (tertiary alicyclic amines) is 1. The van der Waals surface area contributed by atoms with Crippen LogP contribution in [0.2, 0.25) is 0 Å². The summed E-state index contributed by atoms with van der Waals surface area (Å²) in [7, 11) is 0. The highest BCUT2D eigenvalue weighted by molar-refractivity contribution is 6.05. The van der Waals surface area contributed by atoms with Crippen molar-refractivity contribution in [3.05, 3.63) is 131 Å². The van der Waals surface area contributed by atoms with Crippen LogP contribution in [0.4, 0.5) is 13.2 Å². The van der Waals surface area contributed by atoms with Gasteiger partial charge in [0.1, 0.15) is 18.4 Å². The molecule has 18 heteroatoms. The minimum absolute atomic E-state index is 0.107. The lowest BCUT2D eigenvalue weighted by molar-refractivity contribution is -0.136. The van der Waals surface area contributed by atoms with Crippen molar-refractivity contribution in [2.24, 2.45) is 11.8 Å². The molecule has 1 aliphatic carbocycles. The second-order valence-corrected chi connectivity index (χ2v) is 19.0. The van der Waals surface area contributed by atoms with Gasteiger partial charge in [-0.05, 0) is 117 Å². The van der Waals surface area contributed by atoms with Crippen molar-refractivity contribution in [1.29, 1.82) is 0 Å². The van der Waals surface area contributed by atoms with E-state index in [1.165, 1.54) is 10.5 Å². The summed E-state index contributed by atoms with van der Waals surface area (Å²) in [6.45, 7) is 4.24. The minimum atomic E-state index is -1.79. The van der Waals surface area contributed by atoms with Gasteiger partial charge in [-0.2, -0.15) is 9.49 Å². The van der Waals surface area contributed by atoms with Crippen LogP contribution in [0.5, 0.6) is 17.5 Å². The molecule has 4 amide bonds. The Morgan fingerprint density at radius 1 is 0.831 bits per heavy atom. The van der Waals surface area contributed by atoms with Gasteiger partial charge in [-0.3, -0.25) is 34.1 Å². The van der Waals surface area contributed by atoms with Crippen LogP contribution >= 0.6 is 0 Å². The maximum atomic E-state index is 14.2. The fraction of sp³-hybridized carbons (Fsp3) is 0.377. The summed E-state index contributed by atoms with van der Waals surface area (Å²) in [6, 6.07) is 20.2. The minimum Gasteiger partial charge on any atom is -0.503 e. The van der Waals surface area contributed by atoms with Gasteiger partial charge >= 0.3 is 6.01 Å². The first-order chi connectivity index (χ1) is 34.4. The first-order valence-corrected chi connectivity index (χ1v) is 24.2. The van der Waals surface area contributed by atoms with E-state index in [1.807, 2.05) is 35.1 Å². The van der Waals surface area contributed by atoms with Crippen molar-refractivity contribution in [3.8, 4) is 28.6 Å². The van der Waals surface area contributed by atoms with Crippen LogP contribution in [0.15, 0.2) is 85.3 Å². The van der Waals surface area contributed by atoms with Gasteiger partial charge in [0.2, 0.25) is 17.6 Å². The number of nitrogens with one attached hydrogen (secondary N) is 2. The lowest BCUT2D eigenvalue weighted by Crippen LogP contribution is -2.52. The molecule has 0 spiro atoms. The molecular weight excluding hydrogens is 918 g/mol. The van der Waals surface area contributed by atoms with E-state index in [-0.39, 0.29) is 43.3 Å². The molecule has 2 saturated heterocycles. The lowest BCUT2D eigenvalue weighted by atomic mass is 9.86. The van der Waals surface area contributed by atoms with Gasteiger partial charge in [0.25, 0.3) is 11.8 Å². The zero-order valence-electron chi connectivity index (χ0n) is 38.9. The molecule has 3 N–H and O–H groups in total. The van der Waals surface area contributed by atoms with Crippen molar-refractivity contribution in [3.63, 3.8) is 0 Å². The van der Waals surface area contributed by atoms with E-state index in [9.17, 15) is 37.5 Å². The Balaban J connectivity index is 0.630. The van der Waals surface area contributed by atoms with Crippen molar-refractivity contribution in [2.45, 2.75) is 89.6 Å². The van der Waals surface area contributed by atoms with Gasteiger partial charge in [-0.25, -0.2) is 18.7 Å². The SMILES string of the molecule is O=C1CC[C@@H](N2Cc3c(OCc4ccc(CN5CCC(CCOc6ncc(-c7ccc8cn(C9CCC(CNC(=O)c%10cc(F)c(O)c(F)c%10F)CC9)nc8c7)cn6)CC5)cc4)cccc3C2=O)C(=O)N1. The molecule has 5 heterocycles. The normalized spacial score (nSPS) is 19.7. The molecule has 1 saturated carbocycles. The third kappa shape index (κ3) is 10.4. The van der Waals surface area contributed by atoms with Crippen molar-refractivity contribution >= 4 is 34.5 Å². The number of nitrogens with zero attached hydrogens (tertiary/aromatic N) is 6. The third-order valence-corrected chi connectivity index (χ3v) is 14.4. The van der Waals surface area contributed by atoms with Gasteiger partial charge in [-0.1, -0.05) is 42.5 Å². The van der Waals surface area contributed by atoms with Gasteiger partial charge in [0.05, 0.1) is 30.3 Å². The smallest absolute Gasteiger partial charge is 0.316 e. The molecule has 10 rings (SSSR count). The highest BCUT2D eigenvalue weighted by Crippen LogP contribution is 2.36. The summed E-state index contributed by atoms with van der Waals surface area (Å²) in [4.78, 5) is 62.8. The first kappa shape index (κ1) is 47.3. The highest BCUT2D eigenvalue weighted by atomic mass is 19.2. The Hall–Kier alpha value is -7.34. The predicted molar refractivity (Wildman–Crippen MR) is 253 cm³/mol. The Morgan fingerprint density at radius 2 is 1.59 bits per heavy atom. The molecule has 0 bridgehead atoms. The summed E-state index contributed by atoms with van der Waals surface area (Å²) >= 11 is 0. The summed E-state index contributed by atoms with van der Waals surface area (Å²) in [5.41, 5.74) is 5.36. The first-order valence-electron chi connectivity index (χ1n) is 24.2. The maximum Gasteiger partial charge on any atom is 0.316 e. The highest BCUT2D eigenvalue weighted by Gasteiger charge is 2.40. The van der Waals surface area contributed by atoms with Crippen molar-refractivity contribution in [2.75, 3.05) is 26.2 Å². The number of rotatable bonds is 15. The predicted octanol–water partition coefficient (Wildman–Crippen LogP) is 7.80. The molecule has 4 aromatic carbocycles. The number of ether oxygens (including phenoxy) is 2. The third-order valence-electron chi connectivity index (χ3n) is 14.4. The van der Waals surface area contributed by atoms with Crippen LogP contribution in [0.3, 0.4) is 0 Å². The van der Waals surface area contributed by atoms with Crippen LogP contribution in [-0.4, -0.2) is 90.6 Å². The number of hydrogen-bond acceptors (Lipinski definition) is 11. The number of carbonyl (C=O) groups excluding carboxylic acids is 4. The average Bonchev–Trinajstić information content (AvgIpc) is 3.97. The van der Waals surface area contributed by atoms with E-state index in [4.69, 9.17) is 14.6 Å². The van der Waals surface area contributed by atoms with E-state index < -0.39 is 46.6 Å². The van der Waals surface area contributed by atoms with Crippen LogP contribution in [0.1, 0.15) is 101 Å². The monoisotopic (exact) mass is 970 g/mol. The zero-order valence-corrected chi connectivity index (χ0v) is 38.9. The number of piperidine rings is 2. The number of phenols is 1. The topological polar surface area (TPSA) is 181 Å². The second-order valence-electron chi connectivity index (χ2n) is 19.0. The number of phenolic OH excluding ortho intramolecular Hbond substituents is 1. The number of benzene rings is 4. The van der Waals surface area contributed by atoms with Crippen LogP contribution in [-0.2, 0) is 29.3 Å². The van der Waals surface area contributed by atoms with Gasteiger partial charge < -0.3 is 24.8 Å². The fourth-order valence-electron chi connectivity index (χ4n) is 10.2. The molecule has 0 radical (unpaired) electrons. The van der Waals surface area contributed by atoms with Crippen LogP contribution < -0.4 is 20.1 Å². The standard InChI is InChI=1S/C53H53F3N8O7/c54-42-23-40(47(55)48(56)49(42)66)50(67)57-24-32-8-12-38(13-9-32)64-28-36-11-10-35(22-43(36)61-64)37-25-58-53(59-26-37)70-21-18-31-16-19-62(20-17-31)27-33-4-6-34(7-5-33)30-71-45-3-1-2-39-41(45)29-63(52(39)69)44-14-15-46(65)60-51(44)68/h1-7,10-11,22-23,25-26,28,31-32,38,44,66H,8-9,12-21,24,27,29-30H2,(H,57,67)(H,60,65,68)/t32?,38?,44-/m1/s1. The number of aromatic nitrogens is 4. The second kappa shape index (κ2) is 20.6. The largest absolute Gasteiger partial charge is 0.503 e. The molecule has 1 atom stereocenters. The molecule has 3 aliphatic heterocycles.